The Morgan fingerprint density at radius 2 is 2.19 bits per heavy atom. The number of carbonyl (C=O) groups excluding carboxylic acids is 2. The number of sulfone groups is 1. The normalized spacial score (nSPS) is 33.7. The lowest BCUT2D eigenvalue weighted by molar-refractivity contribution is -0.700. The van der Waals surface area contributed by atoms with Crippen molar-refractivity contribution in [3.63, 3.8) is 0 Å². The smallest absolute Gasteiger partial charge is 0.243 e. The lowest BCUT2D eigenvalue weighted by atomic mass is 9.97. The molecule has 0 radical (unpaired) electrons. The van der Waals surface area contributed by atoms with Gasteiger partial charge in [-0.1, -0.05) is 0 Å². The first-order chi connectivity index (χ1) is 9.72. The van der Waals surface area contributed by atoms with Crippen LogP contribution in [0.4, 0.5) is 0 Å². The molecule has 0 spiro atoms. The van der Waals surface area contributed by atoms with E-state index >= 15 is 0 Å². The molecule has 3 atom stereocenters. The van der Waals surface area contributed by atoms with Crippen LogP contribution in [0.5, 0.6) is 0 Å². The number of aldehydes is 1. The second-order valence-electron chi connectivity index (χ2n) is 6.07. The molecule has 1 unspecified atom stereocenters. The van der Waals surface area contributed by atoms with Gasteiger partial charge in [0.25, 0.3) is 0 Å². The number of carbonyl (C=O) groups is 2. The molecule has 1 amide bonds. The Hall–Kier alpha value is -1.70. The first-order valence-electron chi connectivity index (χ1n) is 6.74. The van der Waals surface area contributed by atoms with Crippen molar-refractivity contribution in [1.82, 2.24) is 9.47 Å². The van der Waals surface area contributed by atoms with Gasteiger partial charge in [0, 0.05) is 6.92 Å². The van der Waals surface area contributed by atoms with E-state index < -0.39 is 26.0 Å². The van der Waals surface area contributed by atoms with Gasteiger partial charge in [0.1, 0.15) is 40.9 Å². The average molecular weight is 312 g/mol. The number of amides is 1. The Labute approximate surface area is 123 Å². The van der Waals surface area contributed by atoms with E-state index in [1.165, 1.54) is 4.90 Å². The van der Waals surface area contributed by atoms with Gasteiger partial charge in [-0.2, -0.15) is 0 Å². The molecule has 1 aromatic heterocycles. The topological polar surface area (TPSA) is 80.3 Å². The third kappa shape index (κ3) is 1.65. The highest BCUT2D eigenvalue weighted by Gasteiger charge is 2.68. The van der Waals surface area contributed by atoms with Gasteiger partial charge in [-0.15, -0.1) is 0 Å². The van der Waals surface area contributed by atoms with Gasteiger partial charge >= 0.3 is 0 Å². The van der Waals surface area contributed by atoms with Gasteiger partial charge in [0.05, 0.1) is 13.5 Å². The van der Waals surface area contributed by atoms with E-state index in [4.69, 9.17) is 0 Å². The Bertz CT molecular complexity index is 719. The van der Waals surface area contributed by atoms with Crippen LogP contribution < -0.4 is 4.57 Å². The van der Waals surface area contributed by atoms with Crippen LogP contribution in [-0.2, 0) is 33.0 Å². The lowest BCUT2D eigenvalue weighted by Crippen LogP contribution is -2.57. The largest absolute Gasteiger partial charge is 0.313 e. The van der Waals surface area contributed by atoms with Crippen LogP contribution in [0, 0.1) is 6.92 Å². The summed E-state index contributed by atoms with van der Waals surface area (Å²) in [4.78, 5) is 24.3. The second kappa shape index (κ2) is 4.16. The summed E-state index contributed by atoms with van der Waals surface area (Å²) in [6, 6.07) is -0.915. The van der Waals surface area contributed by atoms with Gasteiger partial charge in [-0.05, 0) is 6.92 Å². The van der Waals surface area contributed by atoms with E-state index in [9.17, 15) is 18.0 Å². The predicted molar refractivity (Wildman–Crippen MR) is 72.8 cm³/mol. The number of nitrogens with zero attached hydrogens (tertiary/aromatic N) is 3. The predicted octanol–water partition coefficient (Wildman–Crippen LogP) is -1.07. The highest BCUT2D eigenvalue weighted by Crippen LogP contribution is 2.45. The van der Waals surface area contributed by atoms with Crippen molar-refractivity contribution in [2.24, 2.45) is 7.05 Å². The van der Waals surface area contributed by atoms with Crippen LogP contribution in [0.2, 0.25) is 0 Å². The standard InChI is InChI=1S/C13H18N3O4S/c1-9-5-15(8-14(9)3)7-13(2)10(6-17)16-11(18)4-12(16)21(13,19)20/h5-6,8,10,12H,4,7H2,1-3H3/q+1/t10-,12?,13-/m0/s1. The molecule has 2 saturated heterocycles. The lowest BCUT2D eigenvalue weighted by Gasteiger charge is -2.35. The molecule has 0 aromatic carbocycles. The molecule has 21 heavy (non-hydrogen) atoms. The number of hydrogen-bond donors (Lipinski definition) is 0. The number of hydrogen-bond acceptors (Lipinski definition) is 4. The van der Waals surface area contributed by atoms with E-state index in [0.717, 1.165) is 5.69 Å². The van der Waals surface area contributed by atoms with E-state index in [1.54, 1.807) is 17.8 Å². The summed E-state index contributed by atoms with van der Waals surface area (Å²) in [6.45, 7) is 3.62. The molecule has 3 rings (SSSR count). The number of imidazole rings is 1. The van der Waals surface area contributed by atoms with Crippen molar-refractivity contribution in [2.45, 2.75) is 43.0 Å². The van der Waals surface area contributed by atoms with Crippen LogP contribution in [0.1, 0.15) is 19.0 Å². The molecule has 0 N–H and O–H groups in total. The Balaban J connectivity index is 2.04. The van der Waals surface area contributed by atoms with Crippen LogP contribution in [0.3, 0.4) is 0 Å². The second-order valence-corrected chi connectivity index (χ2v) is 8.63. The summed E-state index contributed by atoms with van der Waals surface area (Å²) in [5, 5.41) is -0.837. The molecule has 0 bridgehead atoms. The molecular formula is C13H18N3O4S+. The van der Waals surface area contributed by atoms with Gasteiger partial charge in [-0.25, -0.2) is 17.6 Å². The van der Waals surface area contributed by atoms with Crippen molar-refractivity contribution in [3.8, 4) is 0 Å². The fourth-order valence-electron chi connectivity index (χ4n) is 3.29. The molecule has 2 aliphatic heterocycles. The zero-order chi connectivity index (χ0) is 15.6. The highest BCUT2D eigenvalue weighted by molar-refractivity contribution is 7.93. The van der Waals surface area contributed by atoms with E-state index in [0.29, 0.717) is 6.29 Å². The molecule has 0 saturated carbocycles. The average Bonchev–Trinajstić information content (AvgIpc) is 2.75. The van der Waals surface area contributed by atoms with Crippen LogP contribution >= 0.6 is 0 Å². The quantitative estimate of drug-likeness (QED) is 0.404. The summed E-state index contributed by atoms with van der Waals surface area (Å²) in [7, 11) is -1.71. The highest BCUT2D eigenvalue weighted by atomic mass is 32.2. The minimum absolute atomic E-state index is 0.0131. The van der Waals surface area contributed by atoms with Crippen LogP contribution in [0.15, 0.2) is 12.5 Å². The molecule has 2 fully saturated rings. The number of rotatable bonds is 3. The molecule has 0 aliphatic carbocycles. The number of aromatic nitrogens is 2. The van der Waals surface area contributed by atoms with E-state index in [2.05, 4.69) is 0 Å². The minimum Gasteiger partial charge on any atom is -0.313 e. The van der Waals surface area contributed by atoms with Crippen molar-refractivity contribution in [3.05, 3.63) is 18.2 Å². The van der Waals surface area contributed by atoms with Crippen molar-refractivity contribution in [1.29, 1.82) is 0 Å². The van der Waals surface area contributed by atoms with Gasteiger partial charge in [0.15, 0.2) is 9.84 Å². The minimum atomic E-state index is -3.58. The first kappa shape index (κ1) is 14.2. The maximum Gasteiger partial charge on any atom is 0.243 e. The van der Waals surface area contributed by atoms with E-state index in [-0.39, 0.29) is 18.9 Å². The van der Waals surface area contributed by atoms with Crippen molar-refractivity contribution < 1.29 is 22.6 Å². The fraction of sp³-hybridized carbons (Fsp3) is 0.615. The molecule has 8 heteroatoms. The summed E-state index contributed by atoms with van der Waals surface area (Å²) in [5.74, 6) is -0.265. The number of aryl methyl sites for hydroxylation is 2. The molecule has 2 aliphatic rings. The Morgan fingerprint density at radius 3 is 2.67 bits per heavy atom. The number of fused-ring (bicyclic) bond motifs is 1. The van der Waals surface area contributed by atoms with Gasteiger partial charge < -0.3 is 9.69 Å². The molecule has 3 heterocycles. The van der Waals surface area contributed by atoms with E-state index in [1.807, 2.05) is 24.7 Å². The summed E-state index contributed by atoms with van der Waals surface area (Å²) in [6.07, 6.45) is 4.20. The third-order valence-corrected chi connectivity index (χ3v) is 7.52. The zero-order valence-corrected chi connectivity index (χ0v) is 13.0. The van der Waals surface area contributed by atoms with Crippen molar-refractivity contribution in [2.75, 3.05) is 0 Å². The molecule has 114 valence electrons. The van der Waals surface area contributed by atoms with Gasteiger partial charge in [-0.3, -0.25) is 4.79 Å². The maximum absolute atomic E-state index is 12.7. The summed E-state index contributed by atoms with van der Waals surface area (Å²) < 4.78 is 27.8. The molecule has 7 nitrogen and oxygen atoms in total. The number of β-lactam (4-membered cyclic amide) rings is 1. The third-order valence-electron chi connectivity index (χ3n) is 4.74. The SMILES string of the molecule is Cc1c[n+](C[C@@]2(C)[C@H](C=O)N3C(=O)CC3S2(=O)=O)cn1C. The fourth-order valence-corrected chi connectivity index (χ4v) is 5.65. The van der Waals surface area contributed by atoms with Crippen LogP contribution in [-0.4, -0.2) is 46.2 Å². The summed E-state index contributed by atoms with van der Waals surface area (Å²) in [5.41, 5.74) is 0.982. The molecular weight excluding hydrogens is 294 g/mol. The maximum atomic E-state index is 12.7. The van der Waals surface area contributed by atoms with Gasteiger partial charge in [0.2, 0.25) is 12.2 Å². The van der Waals surface area contributed by atoms with Crippen molar-refractivity contribution >= 4 is 22.0 Å². The summed E-state index contributed by atoms with van der Waals surface area (Å²) >= 11 is 0. The van der Waals surface area contributed by atoms with Crippen LogP contribution in [0.25, 0.3) is 0 Å². The zero-order valence-electron chi connectivity index (χ0n) is 12.2. The monoisotopic (exact) mass is 312 g/mol. The Morgan fingerprint density at radius 1 is 1.52 bits per heavy atom. The Kier molecular flexibility index (Phi) is 2.82. The molecule has 1 aromatic rings. The first-order valence-corrected chi connectivity index (χ1v) is 8.29.